The molecule has 0 fully saturated rings. The number of fused-ring (bicyclic) bond motifs is 1. The van der Waals surface area contributed by atoms with Crippen molar-refractivity contribution in [2.24, 2.45) is 21.6 Å². The van der Waals surface area contributed by atoms with E-state index in [9.17, 15) is 9.18 Å². The number of thioether (sulfide) groups is 1. The number of allylic oxidation sites excluding steroid dienone is 1. The predicted molar refractivity (Wildman–Crippen MR) is 86.2 cm³/mol. The lowest BCUT2D eigenvalue weighted by molar-refractivity contribution is -0.116. The molecule has 114 valence electrons. The topological polar surface area (TPSA) is 80.7 Å². The maximum atomic E-state index is 13.8. The minimum absolute atomic E-state index is 0.127. The molecule has 1 aromatic rings. The number of aromatic nitrogens is 1. The zero-order valence-corrected chi connectivity index (χ0v) is 13.0. The highest BCUT2D eigenvalue weighted by atomic mass is 32.2. The second-order valence-corrected chi connectivity index (χ2v) is 6.62. The van der Waals surface area contributed by atoms with Crippen LogP contribution in [0.15, 0.2) is 34.5 Å². The van der Waals surface area contributed by atoms with Gasteiger partial charge >= 0.3 is 0 Å². The van der Waals surface area contributed by atoms with E-state index in [1.807, 2.05) is 13.8 Å². The lowest BCUT2D eigenvalue weighted by Gasteiger charge is -2.19. The summed E-state index contributed by atoms with van der Waals surface area (Å²) in [4.78, 5) is 25.0. The molecule has 0 bridgehead atoms. The second-order valence-electron chi connectivity index (χ2n) is 5.48. The highest BCUT2D eigenvalue weighted by molar-refractivity contribution is 8.10. The van der Waals surface area contributed by atoms with Crippen molar-refractivity contribution in [1.29, 1.82) is 0 Å². The molecule has 7 heteroatoms. The van der Waals surface area contributed by atoms with E-state index in [0.29, 0.717) is 22.0 Å². The summed E-state index contributed by atoms with van der Waals surface area (Å²) < 4.78 is 13.8. The molecule has 1 unspecified atom stereocenters. The molecule has 1 amide bonds. The molecule has 1 aromatic heterocycles. The maximum Gasteiger partial charge on any atom is 0.267 e. The molecule has 5 nitrogen and oxygen atoms in total. The van der Waals surface area contributed by atoms with Crippen LogP contribution in [0, 0.1) is 11.7 Å². The summed E-state index contributed by atoms with van der Waals surface area (Å²) in [6.45, 7) is 3.89. The lowest BCUT2D eigenvalue weighted by atomic mass is 10.0. The number of carbonyl (C=O) groups excluding carboxylic acids is 1. The van der Waals surface area contributed by atoms with Crippen LogP contribution in [-0.4, -0.2) is 33.7 Å². The Labute approximate surface area is 131 Å². The van der Waals surface area contributed by atoms with Crippen LogP contribution in [-0.2, 0) is 4.79 Å². The van der Waals surface area contributed by atoms with Gasteiger partial charge in [0.05, 0.1) is 18.0 Å². The number of carbonyl (C=O) groups is 1. The van der Waals surface area contributed by atoms with Crippen molar-refractivity contribution in [2.45, 2.75) is 25.1 Å². The van der Waals surface area contributed by atoms with Crippen LogP contribution >= 0.6 is 11.8 Å². The Morgan fingerprint density at radius 1 is 1.36 bits per heavy atom. The third-order valence-corrected chi connectivity index (χ3v) is 4.81. The van der Waals surface area contributed by atoms with Crippen LogP contribution in [0.25, 0.3) is 4.91 Å². The van der Waals surface area contributed by atoms with Crippen molar-refractivity contribution in [3.63, 3.8) is 0 Å². The molecule has 0 aliphatic carbocycles. The average Bonchev–Trinajstić information content (AvgIpc) is 2.91. The van der Waals surface area contributed by atoms with Crippen molar-refractivity contribution >= 4 is 34.1 Å². The van der Waals surface area contributed by atoms with E-state index in [0.717, 1.165) is 6.20 Å². The maximum absolute atomic E-state index is 13.8. The normalized spacial score (nSPS) is 22.1. The van der Waals surface area contributed by atoms with Crippen molar-refractivity contribution < 1.29 is 9.18 Å². The molecule has 3 heterocycles. The smallest absolute Gasteiger partial charge is 0.267 e. The Hall–Kier alpha value is -1.86. The highest BCUT2D eigenvalue weighted by Gasteiger charge is 2.36. The minimum atomic E-state index is -0.509. The highest BCUT2D eigenvalue weighted by Crippen LogP contribution is 2.40. The summed E-state index contributed by atoms with van der Waals surface area (Å²) in [7, 11) is 0. The Morgan fingerprint density at radius 2 is 2.14 bits per heavy atom. The van der Waals surface area contributed by atoms with Crippen LogP contribution in [0.1, 0.15) is 19.4 Å². The van der Waals surface area contributed by atoms with Crippen LogP contribution in [0.5, 0.6) is 0 Å². The fraction of sp³-hybridized carbons (Fsp3) is 0.333. The second kappa shape index (κ2) is 5.73. The van der Waals surface area contributed by atoms with Gasteiger partial charge in [-0.3, -0.25) is 9.78 Å². The summed E-state index contributed by atoms with van der Waals surface area (Å²) in [5, 5.41) is -0.509. The molecule has 2 aliphatic rings. The molecular weight excluding hydrogens is 303 g/mol. The third kappa shape index (κ3) is 2.62. The van der Waals surface area contributed by atoms with Gasteiger partial charge in [0.25, 0.3) is 5.91 Å². The van der Waals surface area contributed by atoms with Gasteiger partial charge in [0.2, 0.25) is 0 Å². The van der Waals surface area contributed by atoms with Gasteiger partial charge < -0.3 is 5.73 Å². The Morgan fingerprint density at radius 3 is 2.82 bits per heavy atom. The molecule has 22 heavy (non-hydrogen) atoms. The number of aliphatic imine (C=N–C) groups is 2. The van der Waals surface area contributed by atoms with Gasteiger partial charge in [-0.05, 0) is 18.1 Å². The van der Waals surface area contributed by atoms with Crippen molar-refractivity contribution in [3.05, 3.63) is 35.9 Å². The Kier molecular flexibility index (Phi) is 3.92. The molecule has 2 N–H and O–H groups in total. The largest absolute Gasteiger partial charge is 0.321 e. The van der Waals surface area contributed by atoms with Gasteiger partial charge in [0.1, 0.15) is 16.9 Å². The van der Waals surface area contributed by atoms with Gasteiger partial charge in [-0.2, -0.15) is 4.99 Å². The quantitative estimate of drug-likeness (QED) is 0.925. The zero-order valence-electron chi connectivity index (χ0n) is 12.2. The number of halogens is 1. The number of hydrogen-bond donors (Lipinski definition) is 1. The van der Waals surface area contributed by atoms with E-state index >= 15 is 0 Å². The van der Waals surface area contributed by atoms with Crippen molar-refractivity contribution in [3.8, 4) is 0 Å². The molecule has 0 spiro atoms. The lowest BCUT2D eigenvalue weighted by Crippen LogP contribution is -2.39. The first kappa shape index (κ1) is 15.1. The van der Waals surface area contributed by atoms with Gasteiger partial charge in [-0.1, -0.05) is 13.8 Å². The number of amides is 1. The number of pyridine rings is 1. The number of amidine groups is 1. The van der Waals surface area contributed by atoms with E-state index in [1.54, 1.807) is 12.1 Å². The number of rotatable bonds is 3. The number of hydrogen-bond acceptors (Lipinski definition) is 5. The van der Waals surface area contributed by atoms with Crippen LogP contribution in [0.3, 0.4) is 0 Å². The summed E-state index contributed by atoms with van der Waals surface area (Å²) in [5.41, 5.74) is 7.02. The first-order valence-corrected chi connectivity index (χ1v) is 7.80. The van der Waals surface area contributed by atoms with E-state index < -0.39 is 17.1 Å². The molecule has 0 saturated heterocycles. The first-order chi connectivity index (χ1) is 10.5. The molecule has 2 aliphatic heterocycles. The van der Waals surface area contributed by atoms with Gasteiger partial charge in [-0.25, -0.2) is 9.38 Å². The van der Waals surface area contributed by atoms with Crippen molar-refractivity contribution in [2.75, 3.05) is 0 Å². The molecular formula is C15H15FN4OS. The fourth-order valence-corrected chi connectivity index (χ4v) is 3.32. The number of nitrogens with two attached hydrogens (primary N) is 1. The van der Waals surface area contributed by atoms with Gasteiger partial charge in [-0.15, -0.1) is 11.8 Å². The van der Waals surface area contributed by atoms with E-state index in [-0.39, 0.29) is 11.8 Å². The Bertz CT molecular complexity index is 726. The molecule has 0 saturated carbocycles. The average molecular weight is 318 g/mol. The summed E-state index contributed by atoms with van der Waals surface area (Å²) in [6.07, 6.45) is 4.40. The van der Waals surface area contributed by atoms with Gasteiger partial charge in [0.15, 0.2) is 0 Å². The SMILES string of the molecule is CC(C)[C@@H](N)C1=NC(=O)C2SC(c3ccncc3F)=CC2=N1. The van der Waals surface area contributed by atoms with Gasteiger partial charge in [0, 0.05) is 16.7 Å². The summed E-state index contributed by atoms with van der Waals surface area (Å²) in [5.74, 6) is -0.239. The number of nitrogens with zero attached hydrogens (tertiary/aromatic N) is 3. The van der Waals surface area contributed by atoms with Crippen LogP contribution < -0.4 is 5.73 Å². The molecule has 0 aromatic carbocycles. The van der Waals surface area contributed by atoms with Crippen LogP contribution in [0.2, 0.25) is 0 Å². The monoisotopic (exact) mass is 318 g/mol. The Balaban J connectivity index is 1.96. The fourth-order valence-electron chi connectivity index (χ4n) is 2.19. The van der Waals surface area contributed by atoms with E-state index in [4.69, 9.17) is 5.73 Å². The summed E-state index contributed by atoms with van der Waals surface area (Å²) >= 11 is 1.26. The molecule has 2 atom stereocenters. The third-order valence-electron chi connectivity index (χ3n) is 3.54. The predicted octanol–water partition coefficient (Wildman–Crippen LogP) is 2.04. The minimum Gasteiger partial charge on any atom is -0.321 e. The molecule has 0 radical (unpaired) electrons. The molecule has 3 rings (SSSR count). The van der Waals surface area contributed by atoms with Crippen LogP contribution in [0.4, 0.5) is 4.39 Å². The van der Waals surface area contributed by atoms with E-state index in [1.165, 1.54) is 18.0 Å². The standard InChI is InChI=1S/C15H15FN4OS/c1-7(2)12(17)14-19-10-5-11(22-13(10)15(21)20-14)8-3-4-18-6-9(8)16/h3-7,12-13H,17H2,1-2H3/t12-,13?/m1/s1. The summed E-state index contributed by atoms with van der Waals surface area (Å²) in [6, 6.07) is 1.19. The first-order valence-electron chi connectivity index (χ1n) is 6.92. The zero-order chi connectivity index (χ0) is 15.9. The van der Waals surface area contributed by atoms with E-state index in [2.05, 4.69) is 15.0 Å². The van der Waals surface area contributed by atoms with Crippen molar-refractivity contribution in [1.82, 2.24) is 4.98 Å².